The predicted molar refractivity (Wildman–Crippen MR) is 33.7 cm³/mol. The summed E-state index contributed by atoms with van der Waals surface area (Å²) in [6, 6.07) is 0. The molecule has 10 heavy (non-hydrogen) atoms. The number of hydrogen-bond acceptors (Lipinski definition) is 3. The molecule has 0 saturated carbocycles. The number of aryl methyl sites for hydroxylation is 1. The SMILES string of the molecule is Cc1noc2[nH]c(=O)[nH]c12. The van der Waals surface area contributed by atoms with Crippen molar-refractivity contribution in [2.75, 3.05) is 0 Å². The minimum atomic E-state index is -0.265. The summed E-state index contributed by atoms with van der Waals surface area (Å²) in [5, 5.41) is 3.62. The van der Waals surface area contributed by atoms with Gasteiger partial charge in [0.2, 0.25) is 0 Å². The molecule has 2 N–H and O–H groups in total. The molecule has 2 aromatic rings. The van der Waals surface area contributed by atoms with Crippen LogP contribution in [0.15, 0.2) is 9.32 Å². The van der Waals surface area contributed by atoms with E-state index in [4.69, 9.17) is 4.52 Å². The molecule has 2 rings (SSSR count). The van der Waals surface area contributed by atoms with Gasteiger partial charge < -0.3 is 9.51 Å². The van der Waals surface area contributed by atoms with Crippen molar-refractivity contribution in [2.45, 2.75) is 6.92 Å². The van der Waals surface area contributed by atoms with Gasteiger partial charge in [-0.1, -0.05) is 5.16 Å². The van der Waals surface area contributed by atoms with E-state index in [2.05, 4.69) is 15.1 Å². The van der Waals surface area contributed by atoms with Gasteiger partial charge in [0.15, 0.2) is 0 Å². The Kier molecular flexibility index (Phi) is 0.791. The fraction of sp³-hybridized carbons (Fsp3) is 0.200. The van der Waals surface area contributed by atoms with Gasteiger partial charge in [-0.05, 0) is 6.92 Å². The summed E-state index contributed by atoms with van der Waals surface area (Å²) in [6.45, 7) is 1.76. The van der Waals surface area contributed by atoms with Gasteiger partial charge in [-0.3, -0.25) is 4.98 Å². The quantitative estimate of drug-likeness (QED) is 0.545. The molecular weight excluding hydrogens is 134 g/mol. The largest absolute Gasteiger partial charge is 0.336 e. The second-order valence-corrected chi connectivity index (χ2v) is 2.05. The van der Waals surface area contributed by atoms with Gasteiger partial charge in [0, 0.05) is 0 Å². The molecule has 2 aromatic heterocycles. The van der Waals surface area contributed by atoms with Crippen LogP contribution in [0.1, 0.15) is 5.69 Å². The third-order valence-corrected chi connectivity index (χ3v) is 1.33. The average Bonchev–Trinajstić information content (AvgIpc) is 2.35. The topological polar surface area (TPSA) is 74.7 Å². The van der Waals surface area contributed by atoms with Crippen molar-refractivity contribution < 1.29 is 4.52 Å². The average molecular weight is 139 g/mol. The van der Waals surface area contributed by atoms with E-state index in [1.807, 2.05) is 0 Å². The number of aromatic amines is 2. The van der Waals surface area contributed by atoms with Gasteiger partial charge in [0.05, 0.1) is 0 Å². The Hall–Kier alpha value is -1.52. The maximum atomic E-state index is 10.6. The fourth-order valence-electron chi connectivity index (χ4n) is 0.850. The molecule has 52 valence electrons. The molecule has 0 aliphatic carbocycles. The third-order valence-electron chi connectivity index (χ3n) is 1.33. The highest BCUT2D eigenvalue weighted by Gasteiger charge is 2.05. The van der Waals surface area contributed by atoms with Crippen molar-refractivity contribution in [2.24, 2.45) is 0 Å². The van der Waals surface area contributed by atoms with Crippen molar-refractivity contribution in [1.29, 1.82) is 0 Å². The van der Waals surface area contributed by atoms with Crippen LogP contribution >= 0.6 is 0 Å². The van der Waals surface area contributed by atoms with Crippen LogP contribution in [-0.4, -0.2) is 15.1 Å². The normalized spacial score (nSPS) is 10.9. The Bertz CT molecular complexity index is 408. The van der Waals surface area contributed by atoms with Crippen LogP contribution in [0.3, 0.4) is 0 Å². The summed E-state index contributed by atoms with van der Waals surface area (Å²) >= 11 is 0. The Morgan fingerprint density at radius 2 is 2.30 bits per heavy atom. The molecule has 0 atom stereocenters. The van der Waals surface area contributed by atoms with E-state index in [1.165, 1.54) is 0 Å². The number of aromatic nitrogens is 3. The van der Waals surface area contributed by atoms with E-state index in [0.29, 0.717) is 16.9 Å². The number of rotatable bonds is 0. The summed E-state index contributed by atoms with van der Waals surface area (Å²) < 4.78 is 4.73. The number of imidazole rings is 1. The zero-order valence-electron chi connectivity index (χ0n) is 5.26. The summed E-state index contributed by atoms with van der Waals surface area (Å²) in [7, 11) is 0. The van der Waals surface area contributed by atoms with Gasteiger partial charge >= 0.3 is 5.69 Å². The molecule has 0 fully saturated rings. The molecule has 0 bridgehead atoms. The second-order valence-electron chi connectivity index (χ2n) is 2.05. The van der Waals surface area contributed by atoms with E-state index in [9.17, 15) is 4.79 Å². The summed E-state index contributed by atoms with van der Waals surface area (Å²) in [6.07, 6.45) is 0. The lowest BCUT2D eigenvalue weighted by molar-refractivity contribution is 0.442. The maximum Gasteiger partial charge on any atom is 0.326 e. The molecule has 0 saturated heterocycles. The second kappa shape index (κ2) is 1.50. The number of nitrogens with zero attached hydrogens (tertiary/aromatic N) is 1. The van der Waals surface area contributed by atoms with Crippen LogP contribution in [0.2, 0.25) is 0 Å². The molecular formula is C5H5N3O2. The molecule has 0 unspecified atom stereocenters. The highest BCUT2D eigenvalue weighted by molar-refractivity contribution is 5.69. The van der Waals surface area contributed by atoms with Crippen LogP contribution in [0.25, 0.3) is 11.2 Å². The molecule has 0 aromatic carbocycles. The lowest BCUT2D eigenvalue weighted by Gasteiger charge is -1.71. The van der Waals surface area contributed by atoms with Crippen molar-refractivity contribution in [3.63, 3.8) is 0 Å². The minimum Gasteiger partial charge on any atom is -0.336 e. The zero-order chi connectivity index (χ0) is 7.14. The summed E-state index contributed by atoms with van der Waals surface area (Å²) in [4.78, 5) is 15.6. The van der Waals surface area contributed by atoms with Gasteiger partial charge in [-0.2, -0.15) is 0 Å². The smallest absolute Gasteiger partial charge is 0.326 e. The lowest BCUT2D eigenvalue weighted by atomic mass is 10.4. The first-order chi connectivity index (χ1) is 4.77. The van der Waals surface area contributed by atoms with Gasteiger partial charge in [0.1, 0.15) is 11.2 Å². The van der Waals surface area contributed by atoms with E-state index >= 15 is 0 Å². The van der Waals surface area contributed by atoms with Crippen molar-refractivity contribution in [3.8, 4) is 0 Å². The van der Waals surface area contributed by atoms with Crippen LogP contribution in [0.5, 0.6) is 0 Å². The zero-order valence-corrected chi connectivity index (χ0v) is 5.26. The van der Waals surface area contributed by atoms with Gasteiger partial charge in [-0.25, -0.2) is 4.79 Å². The lowest BCUT2D eigenvalue weighted by Crippen LogP contribution is -2.00. The van der Waals surface area contributed by atoms with E-state index < -0.39 is 0 Å². The van der Waals surface area contributed by atoms with Crippen LogP contribution < -0.4 is 5.69 Å². The number of fused-ring (bicyclic) bond motifs is 1. The van der Waals surface area contributed by atoms with Crippen molar-refractivity contribution in [3.05, 3.63) is 16.2 Å². The number of nitrogens with one attached hydrogen (secondary N) is 2. The van der Waals surface area contributed by atoms with E-state index in [1.54, 1.807) is 6.92 Å². The van der Waals surface area contributed by atoms with Crippen LogP contribution in [0.4, 0.5) is 0 Å². The molecule has 0 spiro atoms. The first-order valence-electron chi connectivity index (χ1n) is 2.81. The van der Waals surface area contributed by atoms with E-state index in [-0.39, 0.29) is 5.69 Å². The third kappa shape index (κ3) is 0.513. The predicted octanol–water partition coefficient (Wildman–Crippen LogP) is 0.153. The fourth-order valence-corrected chi connectivity index (χ4v) is 0.850. The first kappa shape index (κ1) is 5.28. The summed E-state index contributed by atoms with van der Waals surface area (Å²) in [5.41, 5.74) is 1.47. The molecule has 2 heterocycles. The molecule has 5 nitrogen and oxygen atoms in total. The Balaban J connectivity index is 3.03. The highest BCUT2D eigenvalue weighted by atomic mass is 16.5. The van der Waals surface area contributed by atoms with Crippen LogP contribution in [0, 0.1) is 6.92 Å². The van der Waals surface area contributed by atoms with Crippen LogP contribution in [-0.2, 0) is 0 Å². The molecule has 0 aliphatic rings. The Morgan fingerprint density at radius 1 is 1.50 bits per heavy atom. The van der Waals surface area contributed by atoms with Gasteiger partial charge in [-0.15, -0.1) is 0 Å². The molecule has 0 amide bonds. The monoisotopic (exact) mass is 139 g/mol. The number of hydrogen-bond donors (Lipinski definition) is 2. The number of H-pyrrole nitrogens is 2. The summed E-state index contributed by atoms with van der Waals surface area (Å²) in [5.74, 6) is 0. The molecule has 0 aliphatic heterocycles. The van der Waals surface area contributed by atoms with Gasteiger partial charge in [0.25, 0.3) is 5.71 Å². The molecule has 5 heteroatoms. The standard InChI is InChI=1S/C5H5N3O2/c1-2-3-4(10-8-2)7-5(9)6-3/h1H3,(H2,6,7,9). The van der Waals surface area contributed by atoms with Crippen molar-refractivity contribution >= 4 is 11.2 Å². The Morgan fingerprint density at radius 3 is 3.00 bits per heavy atom. The minimum absolute atomic E-state index is 0.265. The first-order valence-corrected chi connectivity index (χ1v) is 2.81. The Labute approximate surface area is 55.0 Å². The maximum absolute atomic E-state index is 10.6. The van der Waals surface area contributed by atoms with Crippen molar-refractivity contribution in [1.82, 2.24) is 15.1 Å². The highest BCUT2D eigenvalue weighted by Crippen LogP contribution is 2.08. The molecule has 0 radical (unpaired) electrons. The van der Waals surface area contributed by atoms with E-state index in [0.717, 1.165) is 0 Å².